The van der Waals surface area contributed by atoms with Gasteiger partial charge >= 0.3 is 10.7 Å². The molecule has 0 saturated carbocycles. The van der Waals surface area contributed by atoms with Crippen molar-refractivity contribution < 1.29 is 14.0 Å². The van der Waals surface area contributed by atoms with Gasteiger partial charge in [-0.25, -0.2) is 4.79 Å². The van der Waals surface area contributed by atoms with E-state index in [4.69, 9.17) is 11.6 Å². The van der Waals surface area contributed by atoms with Crippen LogP contribution < -0.4 is 15.6 Å². The van der Waals surface area contributed by atoms with Gasteiger partial charge in [-0.05, 0) is 41.7 Å². The summed E-state index contributed by atoms with van der Waals surface area (Å²) in [6, 6.07) is 5.27. The number of carbonyl (C=O) groups excluding carboxylic acids is 1. The number of aromatic amines is 1. The first-order valence-corrected chi connectivity index (χ1v) is 7.10. The van der Waals surface area contributed by atoms with Gasteiger partial charge in [-0.15, -0.1) is 0 Å². The standard InChI is InChI=1S/C12H12ClN3O3S/c1-7-3-4-8(13)5-9(7)14-10(17)6-20-11-12(18)19-15-16(11)2/h3-5H,6H2,1-2H3,(H-,14,15,17,18)/p+1. The van der Waals surface area contributed by atoms with E-state index >= 15 is 0 Å². The highest BCUT2D eigenvalue weighted by Gasteiger charge is 2.19. The summed E-state index contributed by atoms with van der Waals surface area (Å²) < 4.78 is 6.01. The van der Waals surface area contributed by atoms with Crippen LogP contribution in [0.5, 0.6) is 0 Å². The van der Waals surface area contributed by atoms with Gasteiger partial charge in [0.2, 0.25) is 5.91 Å². The molecule has 1 aromatic heterocycles. The van der Waals surface area contributed by atoms with Crippen LogP contribution in [0.1, 0.15) is 5.56 Å². The summed E-state index contributed by atoms with van der Waals surface area (Å²) in [5.41, 5.74) is 1.08. The zero-order valence-electron chi connectivity index (χ0n) is 10.9. The number of benzene rings is 1. The number of halogens is 1. The molecule has 1 heterocycles. The highest BCUT2D eigenvalue weighted by atomic mass is 35.5. The molecule has 0 bridgehead atoms. The van der Waals surface area contributed by atoms with Gasteiger partial charge in [-0.3, -0.25) is 9.32 Å². The number of nitrogens with zero attached hydrogens (tertiary/aromatic N) is 1. The van der Waals surface area contributed by atoms with Crippen LogP contribution in [-0.4, -0.2) is 16.9 Å². The molecule has 2 aromatic rings. The molecule has 0 atom stereocenters. The van der Waals surface area contributed by atoms with Crippen molar-refractivity contribution >= 4 is 35.0 Å². The first kappa shape index (κ1) is 14.7. The number of amides is 1. The topological polar surface area (TPSA) is 79.0 Å². The zero-order valence-corrected chi connectivity index (χ0v) is 12.5. The Morgan fingerprint density at radius 1 is 1.55 bits per heavy atom. The number of thioether (sulfide) groups is 1. The Bertz CT molecular complexity index is 695. The number of aryl methyl sites for hydroxylation is 2. The molecule has 6 nitrogen and oxygen atoms in total. The van der Waals surface area contributed by atoms with Crippen molar-refractivity contribution in [3.05, 3.63) is 39.2 Å². The molecule has 2 rings (SSSR count). The van der Waals surface area contributed by atoms with Crippen LogP contribution in [0.15, 0.2) is 32.5 Å². The quantitative estimate of drug-likeness (QED) is 0.662. The van der Waals surface area contributed by atoms with Crippen molar-refractivity contribution in [3.8, 4) is 0 Å². The van der Waals surface area contributed by atoms with Crippen LogP contribution in [0.4, 0.5) is 5.69 Å². The van der Waals surface area contributed by atoms with E-state index in [-0.39, 0.29) is 11.7 Å². The van der Waals surface area contributed by atoms with Crippen LogP contribution in [0.25, 0.3) is 0 Å². The maximum atomic E-state index is 11.9. The Morgan fingerprint density at radius 3 is 2.95 bits per heavy atom. The lowest BCUT2D eigenvalue weighted by Gasteiger charge is -2.07. The number of rotatable bonds is 4. The molecule has 8 heteroatoms. The summed E-state index contributed by atoms with van der Waals surface area (Å²) in [5, 5.41) is 6.03. The van der Waals surface area contributed by atoms with E-state index in [1.54, 1.807) is 19.2 Å². The van der Waals surface area contributed by atoms with Gasteiger partial charge in [0, 0.05) is 10.7 Å². The highest BCUT2D eigenvalue weighted by Crippen LogP contribution is 2.20. The Morgan fingerprint density at radius 2 is 2.30 bits per heavy atom. The minimum absolute atomic E-state index is 0.0996. The van der Waals surface area contributed by atoms with Crippen LogP contribution in [0, 0.1) is 6.92 Å². The third-order valence-electron chi connectivity index (χ3n) is 2.57. The summed E-state index contributed by atoms with van der Waals surface area (Å²) in [5.74, 6) is -0.122. The third kappa shape index (κ3) is 3.43. The minimum atomic E-state index is -0.496. The molecule has 0 saturated heterocycles. The molecule has 0 spiro atoms. The van der Waals surface area contributed by atoms with Crippen molar-refractivity contribution in [3.63, 3.8) is 0 Å². The summed E-state index contributed by atoms with van der Waals surface area (Å²) in [4.78, 5) is 23.2. The second kappa shape index (κ2) is 6.15. The van der Waals surface area contributed by atoms with Crippen LogP contribution in [0.3, 0.4) is 0 Å². The maximum Gasteiger partial charge on any atom is 0.441 e. The summed E-state index contributed by atoms with van der Waals surface area (Å²) in [6.45, 7) is 1.87. The molecular formula is C12H13ClN3O3S+. The van der Waals surface area contributed by atoms with E-state index in [1.807, 2.05) is 13.0 Å². The second-order valence-corrected chi connectivity index (χ2v) is 5.54. The largest absolute Gasteiger partial charge is 0.441 e. The minimum Gasteiger partial charge on any atom is -0.325 e. The normalized spacial score (nSPS) is 10.6. The number of anilines is 1. The summed E-state index contributed by atoms with van der Waals surface area (Å²) >= 11 is 6.98. The van der Waals surface area contributed by atoms with Crippen LogP contribution in [0.2, 0.25) is 5.02 Å². The van der Waals surface area contributed by atoms with Gasteiger partial charge in [-0.2, -0.15) is 0 Å². The lowest BCUT2D eigenvalue weighted by atomic mass is 10.2. The van der Waals surface area contributed by atoms with Gasteiger partial charge in [0.15, 0.2) is 7.05 Å². The van der Waals surface area contributed by atoms with Gasteiger partial charge < -0.3 is 5.32 Å². The van der Waals surface area contributed by atoms with Crippen molar-refractivity contribution in [2.75, 3.05) is 11.1 Å². The molecule has 1 aromatic carbocycles. The second-order valence-electron chi connectivity index (χ2n) is 4.14. The number of H-pyrrole nitrogens is 1. The van der Waals surface area contributed by atoms with Gasteiger partial charge in [-0.1, -0.05) is 22.3 Å². The molecule has 0 unspecified atom stereocenters. The highest BCUT2D eigenvalue weighted by molar-refractivity contribution is 7.99. The number of hydrogen-bond acceptors (Lipinski definition) is 4. The molecule has 0 fully saturated rings. The number of hydrogen-bond donors (Lipinski definition) is 2. The predicted octanol–water partition coefficient (Wildman–Crippen LogP) is 1.49. The molecule has 0 aliphatic carbocycles. The van der Waals surface area contributed by atoms with Crippen molar-refractivity contribution in [2.45, 2.75) is 11.9 Å². The monoisotopic (exact) mass is 314 g/mol. The Hall–Kier alpha value is -1.73. The van der Waals surface area contributed by atoms with Gasteiger partial charge in [0.1, 0.15) is 0 Å². The molecule has 1 amide bonds. The zero-order chi connectivity index (χ0) is 14.7. The predicted molar refractivity (Wildman–Crippen MR) is 76.0 cm³/mol. The van der Waals surface area contributed by atoms with Crippen LogP contribution in [-0.2, 0) is 11.8 Å². The van der Waals surface area contributed by atoms with Gasteiger partial charge in [0.05, 0.1) is 5.75 Å². The van der Waals surface area contributed by atoms with E-state index in [9.17, 15) is 9.59 Å². The lowest BCUT2D eigenvalue weighted by Crippen LogP contribution is -2.34. The third-order valence-corrected chi connectivity index (χ3v) is 3.92. The van der Waals surface area contributed by atoms with E-state index in [1.165, 1.54) is 4.68 Å². The molecule has 106 valence electrons. The summed E-state index contributed by atoms with van der Waals surface area (Å²) in [6.07, 6.45) is 0. The Balaban J connectivity index is 2.00. The van der Waals surface area contributed by atoms with Crippen molar-refractivity contribution in [1.82, 2.24) is 5.27 Å². The summed E-state index contributed by atoms with van der Waals surface area (Å²) in [7, 11) is 1.63. The van der Waals surface area contributed by atoms with Crippen molar-refractivity contribution in [1.29, 1.82) is 0 Å². The molecule has 0 radical (unpaired) electrons. The van der Waals surface area contributed by atoms with E-state index in [2.05, 4.69) is 15.1 Å². The number of aromatic nitrogens is 2. The Kier molecular flexibility index (Phi) is 4.51. The fourth-order valence-electron chi connectivity index (χ4n) is 1.54. The molecule has 0 aliphatic rings. The SMILES string of the molecule is Cc1ccc(Cl)cc1NC(=O)CSc1c(=O)o[nH][n+]1C. The lowest BCUT2D eigenvalue weighted by molar-refractivity contribution is -0.772. The molecular weight excluding hydrogens is 302 g/mol. The number of carbonyl (C=O) groups is 1. The maximum absolute atomic E-state index is 11.9. The van der Waals surface area contributed by atoms with Gasteiger partial charge in [0.25, 0.3) is 0 Å². The van der Waals surface area contributed by atoms with E-state index in [0.29, 0.717) is 15.7 Å². The first-order chi connectivity index (χ1) is 9.47. The first-order valence-electron chi connectivity index (χ1n) is 5.73. The average Bonchev–Trinajstić information content (AvgIpc) is 2.71. The average molecular weight is 315 g/mol. The number of nitrogens with one attached hydrogen (secondary N) is 2. The molecule has 0 aliphatic heterocycles. The fourth-order valence-corrected chi connectivity index (χ4v) is 2.44. The van der Waals surface area contributed by atoms with Crippen LogP contribution >= 0.6 is 23.4 Å². The van der Waals surface area contributed by atoms with E-state index < -0.39 is 5.63 Å². The van der Waals surface area contributed by atoms with Crippen molar-refractivity contribution in [2.24, 2.45) is 7.05 Å². The Labute approximate surface area is 124 Å². The van der Waals surface area contributed by atoms with E-state index in [0.717, 1.165) is 17.3 Å². The fraction of sp³-hybridized carbons (Fsp3) is 0.250. The molecule has 20 heavy (non-hydrogen) atoms. The molecule has 2 N–H and O–H groups in total. The smallest absolute Gasteiger partial charge is 0.325 e.